The predicted octanol–water partition coefficient (Wildman–Crippen LogP) is 0.389. The number of hydrogen-bond donors (Lipinski definition) is 1. The average molecular weight is 304 g/mol. The van der Waals surface area contributed by atoms with Crippen LogP contribution in [-0.4, -0.2) is 39.6 Å². The lowest BCUT2D eigenvalue weighted by Gasteiger charge is -2.15. The van der Waals surface area contributed by atoms with Crippen LogP contribution in [0.1, 0.15) is 30.6 Å². The van der Waals surface area contributed by atoms with E-state index in [4.69, 9.17) is 14.1 Å². The van der Waals surface area contributed by atoms with Crippen LogP contribution in [0.4, 0.5) is 0 Å². The van der Waals surface area contributed by atoms with Gasteiger partial charge in [-0.2, -0.15) is 0 Å². The van der Waals surface area contributed by atoms with Gasteiger partial charge in [0, 0.05) is 7.05 Å². The molecule has 0 fully saturated rings. The van der Waals surface area contributed by atoms with Crippen molar-refractivity contribution in [3.05, 3.63) is 23.3 Å². The van der Waals surface area contributed by atoms with Crippen molar-refractivity contribution in [3.8, 4) is 5.75 Å². The van der Waals surface area contributed by atoms with Crippen LogP contribution >= 0.6 is 0 Å². The molecule has 1 unspecified atom stereocenters. The molecule has 6 nitrogen and oxygen atoms in total. The summed E-state index contributed by atoms with van der Waals surface area (Å²) >= 11 is 0. The molecule has 7 heteroatoms. The monoisotopic (exact) mass is 304 g/mol. The highest BCUT2D eigenvalue weighted by Gasteiger charge is 2.29. The van der Waals surface area contributed by atoms with Crippen LogP contribution in [0.5, 0.6) is 5.75 Å². The second-order valence-electron chi connectivity index (χ2n) is 4.96. The molecule has 22 heavy (non-hydrogen) atoms. The maximum atomic E-state index is 11.6. The molecule has 0 bridgehead atoms. The molecule has 1 heterocycles. The lowest BCUT2D eigenvalue weighted by Crippen LogP contribution is -2.25. The number of hydrogen-bond acceptors (Lipinski definition) is 5. The van der Waals surface area contributed by atoms with Gasteiger partial charge in [-0.1, -0.05) is 0 Å². The molecule has 0 aromatic heterocycles. The largest absolute Gasteiger partial charge is 0.484 e. The van der Waals surface area contributed by atoms with Gasteiger partial charge in [-0.25, -0.2) is 0 Å². The highest BCUT2D eigenvalue weighted by atomic mass is 16.5. The van der Waals surface area contributed by atoms with Gasteiger partial charge in [0.2, 0.25) is 0 Å². The van der Waals surface area contributed by atoms with Crippen molar-refractivity contribution in [2.75, 3.05) is 20.3 Å². The Balaban J connectivity index is 2.10. The van der Waals surface area contributed by atoms with E-state index in [1.54, 1.807) is 27.5 Å². The Labute approximate surface area is 130 Å². The molecule has 0 spiro atoms. The van der Waals surface area contributed by atoms with Gasteiger partial charge in [-0.05, 0) is 42.6 Å². The van der Waals surface area contributed by atoms with Crippen LogP contribution in [0.2, 0.25) is 0 Å². The lowest BCUT2D eigenvalue weighted by atomic mass is 9.84. The number of fused-ring (bicyclic) bond motifs is 1. The molecule has 117 valence electrons. The Kier molecular flexibility index (Phi) is 5.43. The van der Waals surface area contributed by atoms with Gasteiger partial charge in [-0.15, -0.1) is 0 Å². The zero-order chi connectivity index (χ0) is 16.1. The molecule has 1 N–H and O–H groups in total. The van der Waals surface area contributed by atoms with Crippen molar-refractivity contribution < 1.29 is 23.7 Å². The molecule has 1 atom stereocenters. The SMILES string of the molecule is CCOC(=O)CC1O[B]c2cc(OCC(=O)NC)cc(C)c21. The second kappa shape index (κ2) is 7.31. The molecule has 1 aliphatic heterocycles. The van der Waals surface area contributed by atoms with Crippen molar-refractivity contribution in [1.29, 1.82) is 0 Å². The Morgan fingerprint density at radius 3 is 2.86 bits per heavy atom. The van der Waals surface area contributed by atoms with E-state index in [9.17, 15) is 9.59 Å². The first-order valence-electron chi connectivity index (χ1n) is 7.17. The van der Waals surface area contributed by atoms with E-state index >= 15 is 0 Å². The van der Waals surface area contributed by atoms with Crippen LogP contribution in [0, 0.1) is 6.92 Å². The highest BCUT2D eigenvalue weighted by Crippen LogP contribution is 2.30. The summed E-state index contributed by atoms with van der Waals surface area (Å²) in [5.74, 6) is 0.114. The van der Waals surface area contributed by atoms with E-state index in [0.29, 0.717) is 12.4 Å². The quantitative estimate of drug-likeness (QED) is 0.608. The first kappa shape index (κ1) is 16.4. The summed E-state index contributed by atoms with van der Waals surface area (Å²) in [4.78, 5) is 22.8. The Morgan fingerprint density at radius 1 is 1.41 bits per heavy atom. The molecule has 1 radical (unpaired) electrons. The third kappa shape index (κ3) is 3.79. The fraction of sp³-hybridized carbons (Fsp3) is 0.467. The minimum Gasteiger partial charge on any atom is -0.484 e. The van der Waals surface area contributed by atoms with Gasteiger partial charge in [-0.3, -0.25) is 9.59 Å². The number of rotatable bonds is 6. The molecule has 1 aromatic rings. The summed E-state index contributed by atoms with van der Waals surface area (Å²) in [5, 5.41) is 2.49. The van der Waals surface area contributed by atoms with Crippen molar-refractivity contribution >= 4 is 24.8 Å². The minimum absolute atomic E-state index is 0.0398. The van der Waals surface area contributed by atoms with Crippen molar-refractivity contribution in [2.45, 2.75) is 26.4 Å². The third-order valence-electron chi connectivity index (χ3n) is 3.38. The molecule has 1 aromatic carbocycles. The third-order valence-corrected chi connectivity index (χ3v) is 3.38. The minimum atomic E-state index is -0.331. The average Bonchev–Trinajstić information content (AvgIpc) is 2.88. The van der Waals surface area contributed by atoms with E-state index in [1.165, 1.54) is 0 Å². The van der Waals surface area contributed by atoms with Gasteiger partial charge < -0.3 is 19.4 Å². The molecule has 1 amide bonds. The van der Waals surface area contributed by atoms with Gasteiger partial charge in [0.1, 0.15) is 5.75 Å². The van der Waals surface area contributed by atoms with Gasteiger partial charge >= 0.3 is 13.5 Å². The van der Waals surface area contributed by atoms with Crippen LogP contribution in [0.15, 0.2) is 12.1 Å². The molecule has 0 aliphatic carbocycles. The first-order chi connectivity index (χ1) is 10.5. The number of amides is 1. The van der Waals surface area contributed by atoms with Crippen molar-refractivity contribution in [3.63, 3.8) is 0 Å². The van der Waals surface area contributed by atoms with Gasteiger partial charge in [0.15, 0.2) is 6.61 Å². The zero-order valence-electron chi connectivity index (χ0n) is 13.0. The van der Waals surface area contributed by atoms with Crippen LogP contribution in [0.25, 0.3) is 0 Å². The Bertz CT molecular complexity index is 575. The summed E-state index contributed by atoms with van der Waals surface area (Å²) in [6, 6.07) is 3.64. The van der Waals surface area contributed by atoms with Crippen LogP contribution in [0.3, 0.4) is 0 Å². The van der Waals surface area contributed by atoms with E-state index in [0.717, 1.165) is 16.6 Å². The number of ether oxygens (including phenoxy) is 2. The normalized spacial score (nSPS) is 15.7. The van der Waals surface area contributed by atoms with E-state index < -0.39 is 0 Å². The number of aryl methyl sites for hydroxylation is 1. The molecule has 2 rings (SSSR count). The highest BCUT2D eigenvalue weighted by molar-refractivity contribution is 6.49. The van der Waals surface area contributed by atoms with Crippen molar-refractivity contribution in [2.24, 2.45) is 0 Å². The maximum absolute atomic E-state index is 11.6. The van der Waals surface area contributed by atoms with Gasteiger partial charge in [0.25, 0.3) is 5.91 Å². The molecule has 0 saturated carbocycles. The summed E-state index contributed by atoms with van der Waals surface area (Å²) in [6.07, 6.45) is -0.154. The smallest absolute Gasteiger partial charge is 0.331 e. The summed E-state index contributed by atoms with van der Waals surface area (Å²) < 4.78 is 16.0. The number of likely N-dealkylation sites (N-methyl/N-ethyl adjacent to an activating group) is 1. The van der Waals surface area contributed by atoms with Crippen molar-refractivity contribution in [1.82, 2.24) is 5.32 Å². The standard InChI is InChI=1S/C15H19BNO5/c1-4-20-14(19)7-12-15-9(2)5-10(6-11(15)16-22-12)21-8-13(18)17-3/h5-6,12H,4,7-8H2,1-3H3,(H,17,18). The first-order valence-corrected chi connectivity index (χ1v) is 7.17. The van der Waals surface area contributed by atoms with E-state index in [2.05, 4.69) is 5.32 Å². The molecule has 0 saturated heterocycles. The Hall–Kier alpha value is -2.02. The summed E-state index contributed by atoms with van der Waals surface area (Å²) in [6.45, 7) is 4.01. The van der Waals surface area contributed by atoms with E-state index in [1.807, 2.05) is 13.0 Å². The van der Waals surface area contributed by atoms with E-state index in [-0.39, 0.29) is 31.0 Å². The summed E-state index contributed by atoms with van der Waals surface area (Å²) in [5.41, 5.74) is 2.77. The fourth-order valence-corrected chi connectivity index (χ4v) is 2.38. The molecular weight excluding hydrogens is 285 g/mol. The number of esters is 1. The molecular formula is C15H19BNO5. The number of nitrogens with one attached hydrogen (secondary N) is 1. The fourth-order valence-electron chi connectivity index (χ4n) is 2.38. The molecule has 1 aliphatic rings. The lowest BCUT2D eigenvalue weighted by molar-refractivity contribution is -0.145. The Morgan fingerprint density at radius 2 is 2.18 bits per heavy atom. The topological polar surface area (TPSA) is 73.9 Å². The number of carbonyl (C=O) groups excluding carboxylic acids is 2. The number of benzene rings is 1. The summed E-state index contributed by atoms with van der Waals surface area (Å²) in [7, 11) is 3.17. The second-order valence-corrected chi connectivity index (χ2v) is 4.96. The van der Waals surface area contributed by atoms with Gasteiger partial charge in [0.05, 0.1) is 19.1 Å². The van der Waals surface area contributed by atoms with Crippen LogP contribution in [-0.2, 0) is 19.0 Å². The number of carbonyl (C=O) groups is 2. The predicted molar refractivity (Wildman–Crippen MR) is 81.2 cm³/mol. The maximum Gasteiger partial charge on any atom is 0.331 e. The van der Waals surface area contributed by atoms with Crippen LogP contribution < -0.4 is 15.5 Å². The zero-order valence-corrected chi connectivity index (χ0v) is 13.0.